The molecule has 11 nitrogen and oxygen atoms in total. The van der Waals surface area contributed by atoms with Gasteiger partial charge in [0.15, 0.2) is 0 Å². The Hall–Kier alpha value is -5.03. The molecule has 3 rings (SSSR count). The van der Waals surface area contributed by atoms with Crippen molar-refractivity contribution >= 4 is 29.6 Å². The minimum Gasteiger partial charge on any atom is -0.480 e. The predicted octanol–water partition coefficient (Wildman–Crippen LogP) is 0.846. The van der Waals surface area contributed by atoms with E-state index in [-0.39, 0.29) is 32.1 Å². The molecule has 0 aliphatic rings. The summed E-state index contributed by atoms with van der Waals surface area (Å²) >= 11 is 0. The zero-order valence-electron chi connectivity index (χ0n) is 23.6. The van der Waals surface area contributed by atoms with Crippen LogP contribution in [0.15, 0.2) is 91.0 Å². The molecule has 3 aromatic carbocycles. The summed E-state index contributed by atoms with van der Waals surface area (Å²) in [6.45, 7) is 0. The smallest absolute Gasteiger partial charge is 0.326 e. The summed E-state index contributed by atoms with van der Waals surface area (Å²) < 4.78 is 0. The second-order valence-corrected chi connectivity index (χ2v) is 10.2. The van der Waals surface area contributed by atoms with E-state index in [0.29, 0.717) is 5.56 Å². The lowest BCUT2D eigenvalue weighted by atomic mass is 10.0. The van der Waals surface area contributed by atoms with Crippen molar-refractivity contribution in [3.8, 4) is 0 Å². The number of nitrogens with one attached hydrogen (secondary N) is 3. The topological polar surface area (TPSA) is 194 Å². The zero-order chi connectivity index (χ0) is 31.2. The quantitative estimate of drug-likeness (QED) is 0.143. The Morgan fingerprint density at radius 1 is 0.581 bits per heavy atom. The Bertz CT molecular complexity index is 1370. The highest BCUT2D eigenvalue weighted by atomic mass is 16.4. The molecule has 0 spiro atoms. The van der Waals surface area contributed by atoms with Gasteiger partial charge in [-0.05, 0) is 29.5 Å². The van der Waals surface area contributed by atoms with Crippen molar-refractivity contribution in [1.82, 2.24) is 16.0 Å². The number of carboxylic acids is 1. The van der Waals surface area contributed by atoms with E-state index in [4.69, 9.17) is 11.5 Å². The third kappa shape index (κ3) is 11.0. The van der Waals surface area contributed by atoms with E-state index >= 15 is 0 Å². The molecule has 4 amide bonds. The molecule has 4 unspecified atom stereocenters. The molecule has 0 saturated carbocycles. The third-order valence-corrected chi connectivity index (χ3v) is 6.76. The maximum absolute atomic E-state index is 13.6. The molecule has 0 radical (unpaired) electrons. The largest absolute Gasteiger partial charge is 0.480 e. The van der Waals surface area contributed by atoms with E-state index in [2.05, 4.69) is 16.0 Å². The van der Waals surface area contributed by atoms with E-state index in [1.807, 2.05) is 36.4 Å². The van der Waals surface area contributed by atoms with Crippen molar-refractivity contribution in [3.05, 3.63) is 108 Å². The zero-order valence-corrected chi connectivity index (χ0v) is 23.6. The lowest BCUT2D eigenvalue weighted by Gasteiger charge is -2.25. The standard InChI is InChI=1S/C32H37N5O6/c33-24(18-21-10-4-1-5-11-21)29(39)36-26(19-22-12-6-2-7-13-22)31(41)35-25(16-17-28(34)38)30(40)37-27(32(42)43)20-23-14-8-3-9-15-23/h1-15,24-27H,16-20,33H2,(H2,34,38)(H,35,41)(H,36,39)(H,37,40)(H,42,43). The Morgan fingerprint density at radius 2 is 0.977 bits per heavy atom. The van der Waals surface area contributed by atoms with Crippen LogP contribution in [0.3, 0.4) is 0 Å². The first kappa shape index (κ1) is 32.5. The summed E-state index contributed by atoms with van der Waals surface area (Å²) in [6.07, 6.45) is -0.0820. The number of carboxylic acid groups (broad SMARTS) is 1. The summed E-state index contributed by atoms with van der Waals surface area (Å²) in [7, 11) is 0. The van der Waals surface area contributed by atoms with Crippen LogP contribution in [-0.2, 0) is 43.2 Å². The number of aliphatic carboxylic acids is 1. The fourth-order valence-corrected chi connectivity index (χ4v) is 4.45. The van der Waals surface area contributed by atoms with Crippen LogP contribution in [-0.4, -0.2) is 58.9 Å². The molecule has 0 fully saturated rings. The van der Waals surface area contributed by atoms with Crippen LogP contribution >= 0.6 is 0 Å². The summed E-state index contributed by atoms with van der Waals surface area (Å²) in [4.78, 5) is 63.4. The molecule has 0 aliphatic heterocycles. The summed E-state index contributed by atoms with van der Waals surface area (Å²) in [5, 5.41) is 17.5. The minimum absolute atomic E-state index is 0.00436. The first-order valence-corrected chi connectivity index (χ1v) is 13.9. The van der Waals surface area contributed by atoms with Gasteiger partial charge in [-0.15, -0.1) is 0 Å². The van der Waals surface area contributed by atoms with Gasteiger partial charge in [0.2, 0.25) is 23.6 Å². The third-order valence-electron chi connectivity index (χ3n) is 6.76. The van der Waals surface area contributed by atoms with E-state index in [1.54, 1.807) is 54.6 Å². The Morgan fingerprint density at radius 3 is 1.44 bits per heavy atom. The van der Waals surface area contributed by atoms with Crippen LogP contribution in [0, 0.1) is 0 Å². The number of rotatable bonds is 16. The lowest BCUT2D eigenvalue weighted by Crippen LogP contribution is -2.58. The minimum atomic E-state index is -1.30. The summed E-state index contributed by atoms with van der Waals surface area (Å²) in [5.74, 6) is -4.04. The highest BCUT2D eigenvalue weighted by molar-refractivity contribution is 5.94. The van der Waals surface area contributed by atoms with Crippen molar-refractivity contribution in [3.63, 3.8) is 0 Å². The van der Waals surface area contributed by atoms with Crippen LogP contribution in [0.5, 0.6) is 0 Å². The highest BCUT2D eigenvalue weighted by Crippen LogP contribution is 2.09. The Kier molecular flexibility index (Phi) is 12.4. The van der Waals surface area contributed by atoms with Gasteiger partial charge in [-0.25, -0.2) is 4.79 Å². The van der Waals surface area contributed by atoms with E-state index in [9.17, 15) is 29.1 Å². The first-order valence-electron chi connectivity index (χ1n) is 13.9. The summed E-state index contributed by atoms with van der Waals surface area (Å²) in [6, 6.07) is 22.2. The van der Waals surface area contributed by atoms with E-state index in [0.717, 1.165) is 11.1 Å². The second-order valence-electron chi connectivity index (χ2n) is 10.2. The molecule has 0 saturated heterocycles. The van der Waals surface area contributed by atoms with Crippen molar-refractivity contribution in [1.29, 1.82) is 0 Å². The van der Waals surface area contributed by atoms with Crippen molar-refractivity contribution in [2.24, 2.45) is 11.5 Å². The number of carbonyl (C=O) groups is 5. The number of carbonyl (C=O) groups excluding carboxylic acids is 4. The van der Waals surface area contributed by atoms with Gasteiger partial charge in [-0.2, -0.15) is 0 Å². The molecule has 0 bridgehead atoms. The average Bonchev–Trinajstić information content (AvgIpc) is 2.99. The van der Waals surface area contributed by atoms with Crippen molar-refractivity contribution in [2.45, 2.75) is 56.3 Å². The van der Waals surface area contributed by atoms with Gasteiger partial charge in [-0.1, -0.05) is 91.0 Å². The normalized spacial score (nSPS) is 13.5. The van der Waals surface area contributed by atoms with Gasteiger partial charge < -0.3 is 32.5 Å². The molecule has 43 heavy (non-hydrogen) atoms. The fourth-order valence-electron chi connectivity index (χ4n) is 4.45. The van der Waals surface area contributed by atoms with Crippen LogP contribution in [0.25, 0.3) is 0 Å². The van der Waals surface area contributed by atoms with Crippen LogP contribution < -0.4 is 27.4 Å². The molecular weight excluding hydrogens is 550 g/mol. The molecular formula is C32H37N5O6. The first-order chi connectivity index (χ1) is 20.6. The van der Waals surface area contributed by atoms with Crippen LogP contribution in [0.1, 0.15) is 29.5 Å². The van der Waals surface area contributed by atoms with Gasteiger partial charge in [0.05, 0.1) is 6.04 Å². The van der Waals surface area contributed by atoms with Gasteiger partial charge in [0.1, 0.15) is 18.1 Å². The number of hydrogen-bond acceptors (Lipinski definition) is 6. The molecule has 0 aromatic heterocycles. The molecule has 3 aromatic rings. The number of amides is 4. The Labute approximate surface area is 250 Å². The second kappa shape index (κ2) is 16.4. The van der Waals surface area contributed by atoms with Gasteiger partial charge in [0.25, 0.3) is 0 Å². The summed E-state index contributed by atoms with van der Waals surface area (Å²) in [5.41, 5.74) is 13.7. The Balaban J connectivity index is 1.77. The maximum Gasteiger partial charge on any atom is 0.326 e. The van der Waals surface area contributed by atoms with Gasteiger partial charge in [-0.3, -0.25) is 19.2 Å². The van der Waals surface area contributed by atoms with Gasteiger partial charge >= 0.3 is 5.97 Å². The van der Waals surface area contributed by atoms with Crippen molar-refractivity contribution in [2.75, 3.05) is 0 Å². The average molecular weight is 588 g/mol. The molecule has 226 valence electrons. The van der Waals surface area contributed by atoms with E-state index in [1.165, 1.54) is 0 Å². The SMILES string of the molecule is NC(=O)CCC(NC(=O)C(Cc1ccccc1)NC(=O)C(N)Cc1ccccc1)C(=O)NC(Cc1ccccc1)C(=O)O. The predicted molar refractivity (Wildman–Crippen MR) is 160 cm³/mol. The van der Waals surface area contributed by atoms with Gasteiger partial charge in [0, 0.05) is 19.3 Å². The monoisotopic (exact) mass is 587 g/mol. The number of nitrogens with two attached hydrogens (primary N) is 2. The molecule has 4 atom stereocenters. The molecule has 11 heteroatoms. The van der Waals surface area contributed by atoms with Crippen molar-refractivity contribution < 1.29 is 29.1 Å². The van der Waals surface area contributed by atoms with Crippen LogP contribution in [0.4, 0.5) is 0 Å². The number of benzene rings is 3. The molecule has 8 N–H and O–H groups in total. The maximum atomic E-state index is 13.6. The lowest BCUT2D eigenvalue weighted by molar-refractivity contribution is -0.142. The van der Waals surface area contributed by atoms with E-state index < -0.39 is 53.8 Å². The molecule has 0 aliphatic carbocycles. The fraction of sp³-hybridized carbons (Fsp3) is 0.281. The number of hydrogen-bond donors (Lipinski definition) is 6. The molecule has 0 heterocycles. The number of primary amides is 1. The highest BCUT2D eigenvalue weighted by Gasteiger charge is 2.31. The van der Waals surface area contributed by atoms with Crippen LogP contribution in [0.2, 0.25) is 0 Å².